The van der Waals surface area contributed by atoms with Crippen molar-refractivity contribution in [1.29, 1.82) is 0 Å². The number of nitrogens with zero attached hydrogens (tertiary/aromatic N) is 1. The minimum absolute atomic E-state index is 0.0608. The second-order valence-electron chi connectivity index (χ2n) is 3.71. The number of rotatable bonds is 3. The zero-order chi connectivity index (χ0) is 11.6. The lowest BCUT2D eigenvalue weighted by Gasteiger charge is -2.31. The third kappa shape index (κ3) is 2.33. The Morgan fingerprint density at radius 2 is 1.93 bits per heavy atom. The van der Waals surface area contributed by atoms with Gasteiger partial charge in [-0.15, -0.1) is 0 Å². The molecule has 2 N–H and O–H groups in total. The number of carboxylic acid groups (broad SMARTS) is 1. The Bertz CT molecular complexity index is 283. The highest BCUT2D eigenvalue weighted by Crippen LogP contribution is 2.20. The maximum absolute atomic E-state index is 11.5. The van der Waals surface area contributed by atoms with Gasteiger partial charge in [0.25, 0.3) is 0 Å². The molecule has 0 spiro atoms. The predicted molar refractivity (Wildman–Crippen MR) is 48.8 cm³/mol. The van der Waals surface area contributed by atoms with Gasteiger partial charge in [-0.25, -0.2) is 4.79 Å². The fourth-order valence-electron chi connectivity index (χ4n) is 1.62. The molecule has 1 atom stereocenters. The van der Waals surface area contributed by atoms with Crippen molar-refractivity contribution in [3.63, 3.8) is 0 Å². The maximum Gasteiger partial charge on any atom is 0.329 e. The van der Waals surface area contributed by atoms with Gasteiger partial charge < -0.3 is 10.2 Å². The Hall–Kier alpha value is -1.43. The Labute approximate surface area is 86.5 Å². The van der Waals surface area contributed by atoms with Crippen LogP contribution in [0.25, 0.3) is 0 Å². The van der Waals surface area contributed by atoms with Crippen LogP contribution in [0, 0.1) is 5.92 Å². The van der Waals surface area contributed by atoms with Gasteiger partial charge in [0.2, 0.25) is 11.8 Å². The lowest BCUT2D eigenvalue weighted by Crippen LogP contribution is -2.53. The van der Waals surface area contributed by atoms with Gasteiger partial charge in [0.1, 0.15) is 0 Å². The minimum atomic E-state index is -1.45. The summed E-state index contributed by atoms with van der Waals surface area (Å²) in [5.41, 5.74) is 0. The van der Waals surface area contributed by atoms with Crippen LogP contribution in [-0.4, -0.2) is 45.5 Å². The number of carboxylic acids is 1. The molecule has 0 aromatic carbocycles. The van der Waals surface area contributed by atoms with Crippen molar-refractivity contribution in [2.45, 2.75) is 25.8 Å². The normalized spacial score (nSPS) is 20.5. The first-order chi connectivity index (χ1) is 6.97. The Morgan fingerprint density at radius 3 is 2.27 bits per heavy atom. The van der Waals surface area contributed by atoms with Crippen molar-refractivity contribution >= 4 is 17.8 Å². The number of amides is 2. The molecule has 1 heterocycles. The van der Waals surface area contributed by atoms with E-state index in [0.717, 1.165) is 0 Å². The monoisotopic (exact) mass is 215 g/mol. The summed E-state index contributed by atoms with van der Waals surface area (Å²) in [5, 5.41) is 17.5. The molecule has 6 nitrogen and oxygen atoms in total. The van der Waals surface area contributed by atoms with E-state index in [-0.39, 0.29) is 18.8 Å². The summed E-state index contributed by atoms with van der Waals surface area (Å²) < 4.78 is 0. The number of carbonyl (C=O) groups is 3. The average molecular weight is 215 g/mol. The molecule has 1 rings (SSSR count). The zero-order valence-electron chi connectivity index (χ0n) is 8.34. The van der Waals surface area contributed by atoms with Crippen LogP contribution in [0.4, 0.5) is 0 Å². The van der Waals surface area contributed by atoms with Gasteiger partial charge in [-0.3, -0.25) is 14.5 Å². The largest absolute Gasteiger partial charge is 0.480 e. The van der Waals surface area contributed by atoms with Gasteiger partial charge in [-0.05, 0) is 5.92 Å². The summed E-state index contributed by atoms with van der Waals surface area (Å²) in [6, 6.07) is -1.45. The van der Waals surface area contributed by atoms with Crippen LogP contribution in [0.3, 0.4) is 0 Å². The summed E-state index contributed by atoms with van der Waals surface area (Å²) in [4.78, 5) is 34.3. The van der Waals surface area contributed by atoms with Crippen LogP contribution < -0.4 is 0 Å². The number of hydrogen-bond donors (Lipinski definition) is 2. The highest BCUT2D eigenvalue weighted by atomic mass is 16.4. The summed E-state index contributed by atoms with van der Waals surface area (Å²) in [7, 11) is 0. The predicted octanol–water partition coefficient (Wildman–Crippen LogP) is -0.783. The van der Waals surface area contributed by atoms with E-state index in [9.17, 15) is 14.4 Å². The first-order valence-electron chi connectivity index (χ1n) is 4.66. The van der Waals surface area contributed by atoms with Crippen LogP contribution in [0.5, 0.6) is 0 Å². The highest BCUT2D eigenvalue weighted by Gasteiger charge is 2.38. The molecule has 84 valence electrons. The number of likely N-dealkylation sites (tertiary alicyclic amines) is 1. The molecule has 15 heavy (non-hydrogen) atoms. The number of piperidine rings is 1. The SMILES string of the molecule is CC1CC(=O)N(C(CO)C(=O)O)C(=O)C1. The van der Waals surface area contributed by atoms with Crippen molar-refractivity contribution in [3.8, 4) is 0 Å². The Kier molecular flexibility index (Phi) is 3.41. The summed E-state index contributed by atoms with van der Waals surface area (Å²) >= 11 is 0. The number of imide groups is 1. The Balaban J connectivity index is 2.87. The average Bonchev–Trinajstić information content (AvgIpc) is 2.09. The van der Waals surface area contributed by atoms with Gasteiger partial charge in [0, 0.05) is 12.8 Å². The van der Waals surface area contributed by atoms with Gasteiger partial charge in [0.15, 0.2) is 6.04 Å². The smallest absolute Gasteiger partial charge is 0.329 e. The van der Waals surface area contributed by atoms with E-state index in [1.807, 2.05) is 0 Å². The molecule has 0 radical (unpaired) electrons. The number of aliphatic hydroxyl groups is 1. The van der Waals surface area contributed by atoms with Crippen LogP contribution in [-0.2, 0) is 14.4 Å². The Morgan fingerprint density at radius 1 is 1.47 bits per heavy atom. The molecule has 0 bridgehead atoms. The molecule has 0 aromatic heterocycles. The molecular formula is C9H13NO5. The van der Waals surface area contributed by atoms with Gasteiger partial charge in [0.05, 0.1) is 6.61 Å². The summed E-state index contributed by atoms with van der Waals surface area (Å²) in [6.45, 7) is 1.00. The first kappa shape index (κ1) is 11.6. The first-order valence-corrected chi connectivity index (χ1v) is 4.66. The van der Waals surface area contributed by atoms with E-state index in [0.29, 0.717) is 4.90 Å². The number of carbonyl (C=O) groups excluding carboxylic acids is 2. The second-order valence-corrected chi connectivity index (χ2v) is 3.71. The molecule has 0 aromatic rings. The summed E-state index contributed by atoms with van der Waals surface area (Å²) in [5.74, 6) is -2.48. The van der Waals surface area contributed by atoms with E-state index in [4.69, 9.17) is 10.2 Å². The fourth-order valence-corrected chi connectivity index (χ4v) is 1.62. The van der Waals surface area contributed by atoms with Gasteiger partial charge in [-0.1, -0.05) is 6.92 Å². The molecule has 1 fully saturated rings. The third-order valence-corrected chi connectivity index (χ3v) is 2.35. The van der Waals surface area contributed by atoms with E-state index in [1.165, 1.54) is 0 Å². The quantitative estimate of drug-likeness (QED) is 0.602. The van der Waals surface area contributed by atoms with Crippen molar-refractivity contribution < 1.29 is 24.6 Å². The van der Waals surface area contributed by atoms with Crippen LogP contribution in [0.2, 0.25) is 0 Å². The van der Waals surface area contributed by atoms with Crippen LogP contribution in [0.1, 0.15) is 19.8 Å². The molecule has 1 unspecified atom stereocenters. The van der Waals surface area contributed by atoms with Gasteiger partial charge in [-0.2, -0.15) is 0 Å². The fraction of sp³-hybridized carbons (Fsp3) is 0.667. The maximum atomic E-state index is 11.5. The topological polar surface area (TPSA) is 94.9 Å². The van der Waals surface area contributed by atoms with Crippen molar-refractivity contribution in [2.75, 3.05) is 6.61 Å². The third-order valence-electron chi connectivity index (χ3n) is 2.35. The minimum Gasteiger partial charge on any atom is -0.480 e. The molecule has 2 amide bonds. The van der Waals surface area contributed by atoms with Gasteiger partial charge >= 0.3 is 5.97 Å². The van der Waals surface area contributed by atoms with Crippen LogP contribution in [0.15, 0.2) is 0 Å². The molecule has 6 heteroatoms. The number of aliphatic carboxylic acids is 1. The molecular weight excluding hydrogens is 202 g/mol. The zero-order valence-corrected chi connectivity index (χ0v) is 8.34. The van der Waals surface area contributed by atoms with Crippen molar-refractivity contribution in [1.82, 2.24) is 4.90 Å². The molecule has 1 aliphatic heterocycles. The van der Waals surface area contributed by atoms with E-state index >= 15 is 0 Å². The molecule has 1 aliphatic rings. The number of aliphatic hydroxyl groups excluding tert-OH is 1. The lowest BCUT2D eigenvalue weighted by molar-refractivity contribution is -0.163. The molecule has 0 saturated carbocycles. The van der Waals surface area contributed by atoms with E-state index < -0.39 is 30.4 Å². The van der Waals surface area contributed by atoms with Crippen molar-refractivity contribution in [2.24, 2.45) is 5.92 Å². The van der Waals surface area contributed by atoms with Crippen molar-refractivity contribution in [3.05, 3.63) is 0 Å². The molecule has 0 aliphatic carbocycles. The van der Waals surface area contributed by atoms with E-state index in [2.05, 4.69) is 0 Å². The molecule has 1 saturated heterocycles. The summed E-state index contributed by atoms with van der Waals surface area (Å²) in [6.07, 6.45) is 0.297. The number of hydrogen-bond acceptors (Lipinski definition) is 4. The standard InChI is InChI=1S/C9H13NO5/c1-5-2-7(12)10(8(13)3-5)6(4-11)9(14)15/h5-6,11H,2-4H2,1H3,(H,14,15). The van der Waals surface area contributed by atoms with Crippen LogP contribution >= 0.6 is 0 Å². The second kappa shape index (κ2) is 4.39. The van der Waals surface area contributed by atoms with E-state index in [1.54, 1.807) is 6.92 Å². The highest BCUT2D eigenvalue weighted by molar-refractivity contribution is 6.01. The lowest BCUT2D eigenvalue weighted by atomic mass is 9.96.